The van der Waals surface area contributed by atoms with Crippen LogP contribution < -0.4 is 0 Å². The maximum Gasteiger partial charge on any atom is 0.222 e. The SMILES string of the molecule is C=C.CC.CCCC(=O)N1C[C@@H](C)O[C@@H](C)C1. The number of nitrogens with zero attached hydrogens (tertiary/aromatic N) is 1. The van der Waals surface area contributed by atoms with Gasteiger partial charge in [0.15, 0.2) is 0 Å². The first kappa shape index (κ1) is 18.5. The van der Waals surface area contributed by atoms with Crippen LogP contribution >= 0.6 is 0 Å². The lowest BCUT2D eigenvalue weighted by atomic mass is 10.2. The van der Waals surface area contributed by atoms with Gasteiger partial charge in [0.25, 0.3) is 0 Å². The van der Waals surface area contributed by atoms with Gasteiger partial charge in [-0.2, -0.15) is 0 Å². The molecule has 1 aliphatic heterocycles. The van der Waals surface area contributed by atoms with Gasteiger partial charge in [-0.15, -0.1) is 13.2 Å². The zero-order chi connectivity index (χ0) is 13.8. The summed E-state index contributed by atoms with van der Waals surface area (Å²) in [5, 5.41) is 0. The Labute approximate surface area is 107 Å². The van der Waals surface area contributed by atoms with Crippen LogP contribution in [0, 0.1) is 0 Å². The lowest BCUT2D eigenvalue weighted by molar-refractivity contribution is -0.143. The van der Waals surface area contributed by atoms with Crippen LogP contribution in [0.15, 0.2) is 13.2 Å². The van der Waals surface area contributed by atoms with Crippen LogP contribution in [0.25, 0.3) is 0 Å². The summed E-state index contributed by atoms with van der Waals surface area (Å²) in [6.07, 6.45) is 1.97. The van der Waals surface area contributed by atoms with Gasteiger partial charge in [-0.1, -0.05) is 20.8 Å². The standard InChI is InChI=1S/C10H19NO2.C2H6.C2H4/c1-4-5-10(12)11-6-8(2)13-9(3)7-11;2*1-2/h8-9H,4-7H2,1-3H3;1-2H3;1-2H2/t8-,9+;;. The Morgan fingerprint density at radius 3 is 2.00 bits per heavy atom. The predicted octanol–water partition coefficient (Wildman–Crippen LogP) is 3.25. The van der Waals surface area contributed by atoms with Gasteiger partial charge in [-0.3, -0.25) is 4.79 Å². The Kier molecular flexibility index (Phi) is 12.7. The quantitative estimate of drug-likeness (QED) is 0.697. The van der Waals surface area contributed by atoms with Crippen molar-refractivity contribution in [3.8, 4) is 0 Å². The highest BCUT2D eigenvalue weighted by atomic mass is 16.5. The molecule has 1 aliphatic rings. The normalized spacial score (nSPS) is 22.8. The van der Waals surface area contributed by atoms with Crippen LogP contribution in [-0.2, 0) is 9.53 Å². The van der Waals surface area contributed by atoms with Gasteiger partial charge in [0, 0.05) is 19.5 Å². The number of morpholine rings is 1. The summed E-state index contributed by atoms with van der Waals surface area (Å²) in [4.78, 5) is 13.5. The van der Waals surface area contributed by atoms with Crippen molar-refractivity contribution in [3.63, 3.8) is 0 Å². The number of hydrogen-bond acceptors (Lipinski definition) is 2. The summed E-state index contributed by atoms with van der Waals surface area (Å²) < 4.78 is 5.55. The molecule has 1 saturated heterocycles. The van der Waals surface area contributed by atoms with E-state index in [4.69, 9.17) is 4.74 Å². The molecular weight excluding hydrogens is 214 g/mol. The van der Waals surface area contributed by atoms with Crippen LogP contribution in [0.5, 0.6) is 0 Å². The monoisotopic (exact) mass is 243 g/mol. The third kappa shape index (κ3) is 7.97. The van der Waals surface area contributed by atoms with Crippen molar-refractivity contribution in [2.24, 2.45) is 0 Å². The second-order valence-corrected chi connectivity index (χ2v) is 3.81. The molecule has 1 fully saturated rings. The van der Waals surface area contributed by atoms with E-state index in [-0.39, 0.29) is 18.1 Å². The second-order valence-electron chi connectivity index (χ2n) is 3.81. The molecule has 3 heteroatoms. The van der Waals surface area contributed by atoms with Crippen molar-refractivity contribution in [2.45, 2.75) is 59.7 Å². The lowest BCUT2D eigenvalue weighted by Crippen LogP contribution is -2.48. The molecule has 0 spiro atoms. The van der Waals surface area contributed by atoms with E-state index in [0.29, 0.717) is 6.42 Å². The number of rotatable bonds is 2. The van der Waals surface area contributed by atoms with Crippen LogP contribution in [0.1, 0.15) is 47.5 Å². The molecule has 1 rings (SSSR count). The van der Waals surface area contributed by atoms with Gasteiger partial charge in [-0.05, 0) is 20.3 Å². The van der Waals surface area contributed by atoms with Gasteiger partial charge >= 0.3 is 0 Å². The molecule has 2 atom stereocenters. The zero-order valence-electron chi connectivity index (χ0n) is 12.2. The second kappa shape index (κ2) is 11.6. The predicted molar refractivity (Wildman–Crippen MR) is 74.1 cm³/mol. The minimum absolute atomic E-state index is 0.185. The van der Waals surface area contributed by atoms with Gasteiger partial charge in [0.05, 0.1) is 12.2 Å². The summed E-state index contributed by atoms with van der Waals surface area (Å²) in [5.41, 5.74) is 0. The third-order valence-electron chi connectivity index (χ3n) is 2.24. The minimum atomic E-state index is 0.185. The van der Waals surface area contributed by atoms with E-state index >= 15 is 0 Å². The Balaban J connectivity index is 0. The smallest absolute Gasteiger partial charge is 0.222 e. The van der Waals surface area contributed by atoms with Crippen molar-refractivity contribution in [2.75, 3.05) is 13.1 Å². The molecule has 102 valence electrons. The van der Waals surface area contributed by atoms with E-state index in [1.165, 1.54) is 0 Å². The molecule has 0 aromatic rings. The average Bonchev–Trinajstić information content (AvgIpc) is 2.33. The fourth-order valence-electron chi connectivity index (χ4n) is 1.75. The molecule has 3 nitrogen and oxygen atoms in total. The summed E-state index contributed by atoms with van der Waals surface area (Å²) in [6, 6.07) is 0. The van der Waals surface area contributed by atoms with Crippen molar-refractivity contribution < 1.29 is 9.53 Å². The fourth-order valence-corrected chi connectivity index (χ4v) is 1.75. The summed E-state index contributed by atoms with van der Waals surface area (Å²) in [7, 11) is 0. The molecule has 17 heavy (non-hydrogen) atoms. The van der Waals surface area contributed by atoms with Crippen molar-refractivity contribution in [3.05, 3.63) is 13.2 Å². The maximum atomic E-state index is 11.6. The molecule has 0 aliphatic carbocycles. The topological polar surface area (TPSA) is 29.5 Å². The van der Waals surface area contributed by atoms with E-state index in [9.17, 15) is 4.79 Å². The molecule has 1 heterocycles. The van der Waals surface area contributed by atoms with Crippen LogP contribution in [-0.4, -0.2) is 36.1 Å². The van der Waals surface area contributed by atoms with Crippen LogP contribution in [0.3, 0.4) is 0 Å². The Morgan fingerprint density at radius 2 is 1.65 bits per heavy atom. The highest BCUT2D eigenvalue weighted by Gasteiger charge is 2.24. The van der Waals surface area contributed by atoms with E-state index in [1.807, 2.05) is 39.5 Å². The molecule has 0 saturated carbocycles. The van der Waals surface area contributed by atoms with Gasteiger partial charge in [0.1, 0.15) is 0 Å². The highest BCUT2D eigenvalue weighted by molar-refractivity contribution is 5.76. The third-order valence-corrected chi connectivity index (χ3v) is 2.24. The number of hydrogen-bond donors (Lipinski definition) is 0. The molecule has 0 radical (unpaired) electrons. The van der Waals surface area contributed by atoms with Crippen molar-refractivity contribution in [1.29, 1.82) is 0 Å². The summed E-state index contributed by atoms with van der Waals surface area (Å²) in [5.74, 6) is 0.268. The summed E-state index contributed by atoms with van der Waals surface area (Å²) in [6.45, 7) is 17.6. The van der Waals surface area contributed by atoms with Crippen LogP contribution in [0.4, 0.5) is 0 Å². The fraction of sp³-hybridized carbons (Fsp3) is 0.786. The molecule has 0 bridgehead atoms. The first-order valence-corrected chi connectivity index (χ1v) is 6.56. The summed E-state index contributed by atoms with van der Waals surface area (Å²) >= 11 is 0. The Morgan fingerprint density at radius 1 is 1.24 bits per heavy atom. The highest BCUT2D eigenvalue weighted by Crippen LogP contribution is 2.11. The lowest BCUT2D eigenvalue weighted by Gasteiger charge is -2.35. The van der Waals surface area contributed by atoms with Gasteiger partial charge < -0.3 is 9.64 Å². The largest absolute Gasteiger partial charge is 0.372 e. The minimum Gasteiger partial charge on any atom is -0.372 e. The van der Waals surface area contributed by atoms with Crippen molar-refractivity contribution in [1.82, 2.24) is 4.90 Å². The van der Waals surface area contributed by atoms with E-state index in [2.05, 4.69) is 13.2 Å². The number of carbonyl (C=O) groups excluding carboxylic acids is 1. The van der Waals surface area contributed by atoms with E-state index in [1.54, 1.807) is 0 Å². The van der Waals surface area contributed by atoms with E-state index < -0.39 is 0 Å². The first-order valence-electron chi connectivity index (χ1n) is 6.56. The number of amides is 1. The van der Waals surface area contributed by atoms with Gasteiger partial charge in [0.2, 0.25) is 5.91 Å². The average molecular weight is 243 g/mol. The molecule has 0 aromatic carbocycles. The molecular formula is C14H29NO2. The van der Waals surface area contributed by atoms with E-state index in [0.717, 1.165) is 19.5 Å². The maximum absolute atomic E-state index is 11.6. The molecule has 0 N–H and O–H groups in total. The van der Waals surface area contributed by atoms with Gasteiger partial charge in [-0.25, -0.2) is 0 Å². The van der Waals surface area contributed by atoms with Crippen molar-refractivity contribution >= 4 is 5.91 Å². The Bertz CT molecular complexity index is 185. The molecule has 0 aromatic heterocycles. The Hall–Kier alpha value is -0.830. The number of carbonyl (C=O) groups is 1. The first-order chi connectivity index (χ1) is 8.13. The molecule has 0 unspecified atom stereocenters. The number of ether oxygens (including phenoxy) is 1. The zero-order valence-corrected chi connectivity index (χ0v) is 12.2. The molecule has 1 amide bonds. The van der Waals surface area contributed by atoms with Crippen LogP contribution in [0.2, 0.25) is 0 Å².